The molecular weight excluding hydrogens is 269 g/mol. The number of aromatic amines is 1. The summed E-state index contributed by atoms with van der Waals surface area (Å²) in [5.74, 6) is -0.246. The van der Waals surface area contributed by atoms with Crippen LogP contribution in [0.5, 0.6) is 0 Å². The molecular formula is C17H14FNO2. The summed E-state index contributed by atoms with van der Waals surface area (Å²) in [5.41, 5.74) is 3.84. The van der Waals surface area contributed by atoms with E-state index in [0.717, 1.165) is 27.7 Å². The Balaban J connectivity index is 1.94. The van der Waals surface area contributed by atoms with E-state index >= 15 is 0 Å². The van der Waals surface area contributed by atoms with E-state index in [2.05, 4.69) is 4.98 Å². The number of H-pyrrole nitrogens is 1. The molecule has 0 aliphatic carbocycles. The highest BCUT2D eigenvalue weighted by molar-refractivity contribution is 5.91. The number of hydrogen-bond donors (Lipinski definition) is 1. The van der Waals surface area contributed by atoms with E-state index in [1.54, 1.807) is 12.1 Å². The predicted octanol–water partition coefficient (Wildman–Crippen LogP) is 4.02. The summed E-state index contributed by atoms with van der Waals surface area (Å²) >= 11 is 0. The first-order chi connectivity index (χ1) is 10.3. The van der Waals surface area contributed by atoms with Crippen molar-refractivity contribution in [3.63, 3.8) is 0 Å². The standard InChI is InChI=1S/C17H14FNO2/c18-12-7-5-11(6-8-12)16-15(17-20-9-10-21-17)13-3-1-2-4-14(13)19-16/h1-8,17,19H,9-10H2. The van der Waals surface area contributed by atoms with Gasteiger partial charge < -0.3 is 14.5 Å². The van der Waals surface area contributed by atoms with Crippen LogP contribution in [0.3, 0.4) is 0 Å². The summed E-state index contributed by atoms with van der Waals surface area (Å²) in [7, 11) is 0. The second-order valence-electron chi connectivity index (χ2n) is 5.04. The van der Waals surface area contributed by atoms with E-state index in [1.165, 1.54) is 12.1 Å². The molecule has 1 aliphatic heterocycles. The quantitative estimate of drug-likeness (QED) is 0.770. The second-order valence-corrected chi connectivity index (χ2v) is 5.04. The molecule has 3 nitrogen and oxygen atoms in total. The van der Waals surface area contributed by atoms with Crippen molar-refractivity contribution >= 4 is 10.9 Å². The van der Waals surface area contributed by atoms with Crippen LogP contribution < -0.4 is 0 Å². The van der Waals surface area contributed by atoms with Gasteiger partial charge in [-0.05, 0) is 35.9 Å². The molecule has 3 aromatic rings. The van der Waals surface area contributed by atoms with E-state index in [1.807, 2.05) is 24.3 Å². The first-order valence-corrected chi connectivity index (χ1v) is 6.93. The number of para-hydroxylation sites is 1. The molecule has 106 valence electrons. The number of benzene rings is 2. The Morgan fingerprint density at radius 2 is 1.67 bits per heavy atom. The van der Waals surface area contributed by atoms with Crippen molar-refractivity contribution < 1.29 is 13.9 Å². The Labute approximate surface area is 121 Å². The largest absolute Gasteiger partial charge is 0.354 e. The number of hydrogen-bond acceptors (Lipinski definition) is 2. The molecule has 0 spiro atoms. The fourth-order valence-electron chi connectivity index (χ4n) is 2.78. The molecule has 0 amide bonds. The summed E-state index contributed by atoms with van der Waals surface area (Å²) in [5, 5.41) is 1.07. The van der Waals surface area contributed by atoms with Crippen LogP contribution in [0, 0.1) is 5.82 Å². The number of fused-ring (bicyclic) bond motifs is 1. The Kier molecular flexibility index (Phi) is 2.98. The van der Waals surface area contributed by atoms with Crippen LogP contribution >= 0.6 is 0 Å². The van der Waals surface area contributed by atoms with E-state index < -0.39 is 0 Å². The summed E-state index contributed by atoms with van der Waals surface area (Å²) in [6, 6.07) is 14.5. The van der Waals surface area contributed by atoms with Crippen molar-refractivity contribution in [2.45, 2.75) is 6.29 Å². The molecule has 1 N–H and O–H groups in total. The van der Waals surface area contributed by atoms with Crippen molar-refractivity contribution in [3.8, 4) is 11.3 Å². The highest BCUT2D eigenvalue weighted by Gasteiger charge is 2.26. The third-order valence-corrected chi connectivity index (χ3v) is 3.74. The fraction of sp³-hybridized carbons (Fsp3) is 0.176. The van der Waals surface area contributed by atoms with E-state index in [4.69, 9.17) is 9.47 Å². The fourth-order valence-corrected chi connectivity index (χ4v) is 2.78. The third-order valence-electron chi connectivity index (χ3n) is 3.74. The predicted molar refractivity (Wildman–Crippen MR) is 78.3 cm³/mol. The number of ether oxygens (including phenoxy) is 2. The van der Waals surface area contributed by atoms with Crippen molar-refractivity contribution in [1.82, 2.24) is 4.98 Å². The van der Waals surface area contributed by atoms with Crippen LogP contribution in [0.4, 0.5) is 4.39 Å². The molecule has 4 rings (SSSR count). The zero-order chi connectivity index (χ0) is 14.2. The van der Waals surface area contributed by atoms with Gasteiger partial charge in [0.15, 0.2) is 6.29 Å². The number of halogens is 1. The summed E-state index contributed by atoms with van der Waals surface area (Å²) in [4.78, 5) is 3.39. The third kappa shape index (κ3) is 2.13. The Morgan fingerprint density at radius 1 is 0.952 bits per heavy atom. The minimum Gasteiger partial charge on any atom is -0.354 e. The molecule has 1 saturated heterocycles. The van der Waals surface area contributed by atoms with Gasteiger partial charge in [-0.2, -0.15) is 0 Å². The second kappa shape index (κ2) is 4.98. The summed E-state index contributed by atoms with van der Waals surface area (Å²) in [6.07, 6.45) is -0.374. The Hall–Kier alpha value is -2.17. The van der Waals surface area contributed by atoms with Crippen molar-refractivity contribution in [3.05, 3.63) is 59.9 Å². The van der Waals surface area contributed by atoms with Crippen LogP contribution in [0.25, 0.3) is 22.2 Å². The molecule has 0 unspecified atom stereocenters. The number of rotatable bonds is 2. The van der Waals surface area contributed by atoms with Crippen LogP contribution in [0.2, 0.25) is 0 Å². The van der Waals surface area contributed by atoms with Gasteiger partial charge in [-0.25, -0.2) is 4.39 Å². The molecule has 21 heavy (non-hydrogen) atoms. The van der Waals surface area contributed by atoms with Crippen LogP contribution in [-0.2, 0) is 9.47 Å². The molecule has 0 radical (unpaired) electrons. The summed E-state index contributed by atoms with van der Waals surface area (Å²) < 4.78 is 24.5. The van der Waals surface area contributed by atoms with E-state index in [-0.39, 0.29) is 12.1 Å². The molecule has 2 heterocycles. The molecule has 4 heteroatoms. The minimum absolute atomic E-state index is 0.246. The zero-order valence-electron chi connectivity index (χ0n) is 11.3. The van der Waals surface area contributed by atoms with Gasteiger partial charge in [0.05, 0.1) is 18.9 Å². The van der Waals surface area contributed by atoms with Gasteiger partial charge in [-0.15, -0.1) is 0 Å². The molecule has 0 bridgehead atoms. The molecule has 0 atom stereocenters. The SMILES string of the molecule is Fc1ccc(-c2[nH]c3ccccc3c2C2OCCO2)cc1. The summed E-state index contributed by atoms with van der Waals surface area (Å²) in [6.45, 7) is 1.18. The monoisotopic (exact) mass is 283 g/mol. The lowest BCUT2D eigenvalue weighted by Gasteiger charge is -2.11. The van der Waals surface area contributed by atoms with Crippen LogP contribution in [-0.4, -0.2) is 18.2 Å². The van der Waals surface area contributed by atoms with Gasteiger partial charge in [-0.3, -0.25) is 0 Å². The number of aromatic nitrogens is 1. The van der Waals surface area contributed by atoms with Gasteiger partial charge in [0.25, 0.3) is 0 Å². The maximum atomic E-state index is 13.1. The van der Waals surface area contributed by atoms with Gasteiger partial charge in [-0.1, -0.05) is 18.2 Å². The zero-order valence-corrected chi connectivity index (χ0v) is 11.3. The lowest BCUT2D eigenvalue weighted by atomic mass is 10.0. The Morgan fingerprint density at radius 3 is 2.43 bits per heavy atom. The Bertz CT molecular complexity index is 773. The van der Waals surface area contributed by atoms with Crippen molar-refractivity contribution in [2.24, 2.45) is 0 Å². The molecule has 1 aliphatic rings. The van der Waals surface area contributed by atoms with E-state index in [0.29, 0.717) is 13.2 Å². The van der Waals surface area contributed by atoms with Crippen LogP contribution in [0.15, 0.2) is 48.5 Å². The molecule has 1 aromatic heterocycles. The van der Waals surface area contributed by atoms with Gasteiger partial charge in [0.1, 0.15) is 5.82 Å². The average Bonchev–Trinajstić information content (AvgIpc) is 3.14. The highest BCUT2D eigenvalue weighted by atomic mass is 19.1. The van der Waals surface area contributed by atoms with Crippen molar-refractivity contribution in [1.29, 1.82) is 0 Å². The average molecular weight is 283 g/mol. The first-order valence-electron chi connectivity index (χ1n) is 6.93. The maximum absolute atomic E-state index is 13.1. The molecule has 2 aromatic carbocycles. The minimum atomic E-state index is -0.374. The van der Waals surface area contributed by atoms with Gasteiger partial charge in [0, 0.05) is 16.5 Å². The number of nitrogens with one attached hydrogen (secondary N) is 1. The topological polar surface area (TPSA) is 34.2 Å². The van der Waals surface area contributed by atoms with E-state index in [9.17, 15) is 4.39 Å². The van der Waals surface area contributed by atoms with Gasteiger partial charge in [0.2, 0.25) is 0 Å². The van der Waals surface area contributed by atoms with Gasteiger partial charge >= 0.3 is 0 Å². The highest BCUT2D eigenvalue weighted by Crippen LogP contribution is 2.38. The molecule has 0 saturated carbocycles. The smallest absolute Gasteiger partial charge is 0.186 e. The lowest BCUT2D eigenvalue weighted by molar-refractivity contribution is -0.0425. The van der Waals surface area contributed by atoms with Crippen LogP contribution in [0.1, 0.15) is 11.9 Å². The normalized spacial score (nSPS) is 15.9. The first kappa shape index (κ1) is 12.6. The van der Waals surface area contributed by atoms with Crippen molar-refractivity contribution in [2.75, 3.05) is 13.2 Å². The maximum Gasteiger partial charge on any atom is 0.186 e. The molecule has 1 fully saturated rings. The lowest BCUT2D eigenvalue weighted by Crippen LogP contribution is -1.99.